The molecule has 0 aromatic heterocycles. The smallest absolute Gasteiger partial charge is 0.325 e. The molecule has 0 aliphatic heterocycles. The number of carbonyl (C=O) groups is 2. The van der Waals surface area contributed by atoms with Crippen molar-refractivity contribution in [3.8, 4) is 0 Å². The first kappa shape index (κ1) is 12.0. The molecule has 0 unspecified atom stereocenters. The van der Waals surface area contributed by atoms with E-state index in [1.807, 2.05) is 13.8 Å². The number of nitrogens with two attached hydrogens (primary N) is 1. The minimum atomic E-state index is -0.724. The monoisotopic (exact) mass is 214 g/mol. The van der Waals surface area contributed by atoms with E-state index < -0.39 is 11.5 Å². The molecule has 0 aromatic carbocycles. The first-order chi connectivity index (χ1) is 6.90. The second-order valence-electron chi connectivity index (χ2n) is 4.26. The molecule has 2 N–H and O–H groups in total. The third kappa shape index (κ3) is 2.68. The van der Waals surface area contributed by atoms with Gasteiger partial charge >= 0.3 is 5.97 Å². The fraction of sp³-hybridized carbons (Fsp3) is 0.800. The highest BCUT2D eigenvalue weighted by molar-refractivity contribution is 5.91. The van der Waals surface area contributed by atoms with E-state index in [9.17, 15) is 9.59 Å². The molecular weight excluding hydrogens is 196 g/mol. The average Bonchev–Trinajstić information content (AvgIpc) is 2.92. The Morgan fingerprint density at radius 2 is 2.00 bits per heavy atom. The van der Waals surface area contributed by atoms with E-state index in [1.54, 1.807) is 0 Å². The van der Waals surface area contributed by atoms with Crippen LogP contribution in [0.2, 0.25) is 0 Å². The Balaban J connectivity index is 2.65. The maximum absolute atomic E-state index is 11.9. The summed E-state index contributed by atoms with van der Waals surface area (Å²) in [6.07, 6.45) is 1.41. The van der Waals surface area contributed by atoms with Gasteiger partial charge in [0.15, 0.2) is 0 Å². The van der Waals surface area contributed by atoms with Crippen LogP contribution in [0.25, 0.3) is 0 Å². The Morgan fingerprint density at radius 1 is 1.47 bits per heavy atom. The van der Waals surface area contributed by atoms with Gasteiger partial charge < -0.3 is 15.4 Å². The number of carbonyl (C=O) groups excluding carboxylic acids is 2. The number of hydrogen-bond donors (Lipinski definition) is 1. The van der Waals surface area contributed by atoms with Crippen molar-refractivity contribution in [3.63, 3.8) is 0 Å². The van der Waals surface area contributed by atoms with Crippen LogP contribution in [0.4, 0.5) is 0 Å². The van der Waals surface area contributed by atoms with Crippen LogP contribution in [0.1, 0.15) is 26.7 Å². The molecule has 0 heterocycles. The molecule has 0 bridgehead atoms. The lowest BCUT2D eigenvalue weighted by Gasteiger charge is -2.28. The Morgan fingerprint density at radius 3 is 2.33 bits per heavy atom. The third-order valence-electron chi connectivity index (χ3n) is 2.63. The zero-order valence-corrected chi connectivity index (χ0v) is 9.45. The number of ether oxygens (including phenoxy) is 1. The van der Waals surface area contributed by atoms with Crippen LogP contribution in [-0.4, -0.2) is 42.0 Å². The summed E-state index contributed by atoms with van der Waals surface area (Å²) >= 11 is 0. The predicted octanol–water partition coefficient (Wildman–Crippen LogP) is -0.112. The molecule has 1 fully saturated rings. The van der Waals surface area contributed by atoms with Gasteiger partial charge in [0.1, 0.15) is 6.54 Å². The van der Waals surface area contributed by atoms with Crippen LogP contribution in [0.5, 0.6) is 0 Å². The number of nitrogens with zero attached hydrogens (tertiary/aromatic N) is 1. The third-order valence-corrected chi connectivity index (χ3v) is 2.63. The molecule has 1 aliphatic carbocycles. The molecule has 0 saturated heterocycles. The van der Waals surface area contributed by atoms with E-state index in [1.165, 1.54) is 12.0 Å². The van der Waals surface area contributed by atoms with Gasteiger partial charge in [0.2, 0.25) is 5.91 Å². The fourth-order valence-electron chi connectivity index (χ4n) is 1.33. The molecule has 0 spiro atoms. The Kier molecular flexibility index (Phi) is 3.34. The summed E-state index contributed by atoms with van der Waals surface area (Å²) in [6.45, 7) is 3.69. The van der Waals surface area contributed by atoms with Gasteiger partial charge in [-0.1, -0.05) is 0 Å². The molecule has 15 heavy (non-hydrogen) atoms. The SMILES string of the molecule is COC(=O)CN(C(=O)C1(N)CC1)C(C)C. The van der Waals surface area contributed by atoms with Crippen molar-refractivity contribution in [2.45, 2.75) is 38.3 Å². The molecule has 1 saturated carbocycles. The molecule has 86 valence electrons. The summed E-state index contributed by atoms with van der Waals surface area (Å²) in [5.41, 5.74) is 5.08. The quantitative estimate of drug-likeness (QED) is 0.663. The second kappa shape index (κ2) is 4.18. The summed E-state index contributed by atoms with van der Waals surface area (Å²) in [5, 5.41) is 0. The summed E-state index contributed by atoms with van der Waals surface area (Å²) in [4.78, 5) is 24.5. The largest absolute Gasteiger partial charge is 0.468 e. The van der Waals surface area contributed by atoms with Crippen molar-refractivity contribution in [2.75, 3.05) is 13.7 Å². The number of methoxy groups -OCH3 is 1. The van der Waals surface area contributed by atoms with Crippen molar-refractivity contribution in [1.29, 1.82) is 0 Å². The first-order valence-electron chi connectivity index (χ1n) is 5.07. The fourth-order valence-corrected chi connectivity index (χ4v) is 1.33. The predicted molar refractivity (Wildman–Crippen MR) is 55.0 cm³/mol. The van der Waals surface area contributed by atoms with Crippen LogP contribution in [0.15, 0.2) is 0 Å². The van der Waals surface area contributed by atoms with Crippen LogP contribution in [0, 0.1) is 0 Å². The van der Waals surface area contributed by atoms with Crippen molar-refractivity contribution in [2.24, 2.45) is 5.73 Å². The number of esters is 1. The lowest BCUT2D eigenvalue weighted by molar-refractivity contribution is -0.149. The molecule has 1 aliphatic rings. The highest BCUT2D eigenvalue weighted by Crippen LogP contribution is 2.34. The van der Waals surface area contributed by atoms with E-state index in [-0.39, 0.29) is 18.5 Å². The van der Waals surface area contributed by atoms with Crippen LogP contribution in [-0.2, 0) is 14.3 Å². The molecule has 5 nitrogen and oxygen atoms in total. The minimum Gasteiger partial charge on any atom is -0.468 e. The zero-order valence-electron chi connectivity index (χ0n) is 9.45. The summed E-state index contributed by atoms with van der Waals surface area (Å²) in [6, 6.07) is -0.0439. The molecule has 1 amide bonds. The normalized spacial score (nSPS) is 17.4. The van der Waals surface area contributed by atoms with Crippen molar-refractivity contribution in [1.82, 2.24) is 4.90 Å². The Hall–Kier alpha value is -1.10. The Bertz CT molecular complexity index is 272. The number of amides is 1. The lowest BCUT2D eigenvalue weighted by Crippen LogP contribution is -2.50. The number of hydrogen-bond acceptors (Lipinski definition) is 4. The average molecular weight is 214 g/mol. The highest BCUT2D eigenvalue weighted by Gasteiger charge is 2.48. The summed E-state index contributed by atoms with van der Waals surface area (Å²) in [5.74, 6) is -0.566. The number of rotatable bonds is 4. The maximum atomic E-state index is 11.9. The summed E-state index contributed by atoms with van der Waals surface area (Å²) < 4.78 is 4.54. The molecular formula is C10H18N2O3. The van der Waals surface area contributed by atoms with E-state index in [2.05, 4.69) is 4.74 Å². The highest BCUT2D eigenvalue weighted by atomic mass is 16.5. The van der Waals surface area contributed by atoms with Gasteiger partial charge in [-0.3, -0.25) is 9.59 Å². The first-order valence-corrected chi connectivity index (χ1v) is 5.07. The van der Waals surface area contributed by atoms with E-state index in [0.717, 1.165) is 0 Å². The van der Waals surface area contributed by atoms with Crippen LogP contribution >= 0.6 is 0 Å². The van der Waals surface area contributed by atoms with Gasteiger partial charge in [-0.05, 0) is 26.7 Å². The topological polar surface area (TPSA) is 72.6 Å². The van der Waals surface area contributed by atoms with E-state index in [0.29, 0.717) is 12.8 Å². The molecule has 0 aromatic rings. The van der Waals surface area contributed by atoms with Crippen molar-refractivity contribution < 1.29 is 14.3 Å². The maximum Gasteiger partial charge on any atom is 0.325 e. The van der Waals surface area contributed by atoms with Gasteiger partial charge in [0.05, 0.1) is 12.6 Å². The van der Waals surface area contributed by atoms with Crippen LogP contribution < -0.4 is 5.73 Å². The Labute approximate surface area is 89.6 Å². The second-order valence-corrected chi connectivity index (χ2v) is 4.26. The molecule has 0 radical (unpaired) electrons. The molecule has 0 atom stereocenters. The van der Waals surface area contributed by atoms with E-state index in [4.69, 9.17) is 5.73 Å². The summed E-state index contributed by atoms with van der Waals surface area (Å²) in [7, 11) is 1.31. The van der Waals surface area contributed by atoms with Crippen molar-refractivity contribution >= 4 is 11.9 Å². The zero-order chi connectivity index (χ0) is 11.6. The van der Waals surface area contributed by atoms with Crippen molar-refractivity contribution in [3.05, 3.63) is 0 Å². The lowest BCUT2D eigenvalue weighted by atomic mass is 10.2. The molecule has 5 heteroatoms. The van der Waals surface area contributed by atoms with Gasteiger partial charge in [-0.15, -0.1) is 0 Å². The standard InChI is InChI=1S/C10H18N2O3/c1-7(2)12(6-8(13)15-3)9(14)10(11)4-5-10/h7H,4-6,11H2,1-3H3. The van der Waals surface area contributed by atoms with Gasteiger partial charge in [0.25, 0.3) is 0 Å². The van der Waals surface area contributed by atoms with Crippen LogP contribution in [0.3, 0.4) is 0 Å². The minimum absolute atomic E-state index is 0.0219. The van der Waals surface area contributed by atoms with Gasteiger partial charge in [-0.25, -0.2) is 0 Å². The van der Waals surface area contributed by atoms with Gasteiger partial charge in [0, 0.05) is 6.04 Å². The molecule has 1 rings (SSSR count). The van der Waals surface area contributed by atoms with Gasteiger partial charge in [-0.2, -0.15) is 0 Å². The van der Waals surface area contributed by atoms with E-state index >= 15 is 0 Å².